The minimum atomic E-state index is -4.40. The first-order valence-corrected chi connectivity index (χ1v) is 14.9. The highest BCUT2D eigenvalue weighted by molar-refractivity contribution is 7.87. The maximum absolute atomic E-state index is 12.8. The summed E-state index contributed by atoms with van der Waals surface area (Å²) in [5.74, 6) is 0. The van der Waals surface area contributed by atoms with Crippen LogP contribution in [0, 0.1) is 20.8 Å². The third kappa shape index (κ3) is 7.45. The molecule has 0 aliphatic rings. The van der Waals surface area contributed by atoms with Crippen molar-refractivity contribution in [3.05, 3.63) is 89.5 Å². The van der Waals surface area contributed by atoms with Gasteiger partial charge in [0.05, 0.1) is 27.9 Å². The standard InChI is InChI=1S/C24H26O9S3/c1-18-4-10-22(11-5-18)34(25,26)31-16-21(33-36(29,30)24-14-8-20(3)9-15-24)17-32-35(27,28)23-12-6-19(2)7-13-23/h4-15,21H,16-17H2,1-3H3. The van der Waals surface area contributed by atoms with Crippen molar-refractivity contribution in [3.8, 4) is 0 Å². The third-order valence-corrected chi connectivity index (χ3v) is 8.98. The Morgan fingerprint density at radius 3 is 1.08 bits per heavy atom. The fraction of sp³-hybridized carbons (Fsp3) is 0.250. The third-order valence-electron chi connectivity index (χ3n) is 5.01. The van der Waals surface area contributed by atoms with E-state index in [1.165, 1.54) is 36.4 Å². The Bertz CT molecular complexity index is 1410. The summed E-state index contributed by atoms with van der Waals surface area (Å²) in [5, 5.41) is 0. The lowest BCUT2D eigenvalue weighted by molar-refractivity contribution is 0.0909. The maximum atomic E-state index is 12.8. The van der Waals surface area contributed by atoms with Crippen molar-refractivity contribution in [2.24, 2.45) is 0 Å². The average Bonchev–Trinajstić information content (AvgIpc) is 2.82. The Morgan fingerprint density at radius 2 is 0.778 bits per heavy atom. The quantitative estimate of drug-likeness (QED) is 0.327. The highest BCUT2D eigenvalue weighted by Crippen LogP contribution is 2.20. The molecule has 0 fully saturated rings. The van der Waals surface area contributed by atoms with Crippen LogP contribution in [0.25, 0.3) is 0 Å². The molecule has 0 unspecified atom stereocenters. The van der Waals surface area contributed by atoms with Gasteiger partial charge in [-0.15, -0.1) is 0 Å². The molecular weight excluding hydrogens is 528 g/mol. The Labute approximate surface area is 212 Å². The molecule has 0 heterocycles. The van der Waals surface area contributed by atoms with Crippen molar-refractivity contribution in [1.29, 1.82) is 0 Å². The van der Waals surface area contributed by atoms with Gasteiger partial charge in [0.15, 0.2) is 0 Å². The second-order valence-corrected chi connectivity index (χ2v) is 12.9. The molecule has 0 aliphatic carbocycles. The van der Waals surface area contributed by atoms with E-state index in [1.54, 1.807) is 57.2 Å². The van der Waals surface area contributed by atoms with Gasteiger partial charge in [0.2, 0.25) is 0 Å². The van der Waals surface area contributed by atoms with Crippen LogP contribution in [0.15, 0.2) is 87.5 Å². The van der Waals surface area contributed by atoms with Crippen molar-refractivity contribution in [3.63, 3.8) is 0 Å². The molecule has 0 saturated carbocycles. The van der Waals surface area contributed by atoms with Gasteiger partial charge < -0.3 is 0 Å². The van der Waals surface area contributed by atoms with E-state index in [9.17, 15) is 25.3 Å². The zero-order valence-electron chi connectivity index (χ0n) is 19.8. The molecule has 9 nitrogen and oxygen atoms in total. The lowest BCUT2D eigenvalue weighted by Gasteiger charge is -2.18. The lowest BCUT2D eigenvalue weighted by Crippen LogP contribution is -2.31. The van der Waals surface area contributed by atoms with E-state index >= 15 is 0 Å². The molecule has 3 aromatic carbocycles. The van der Waals surface area contributed by atoms with Crippen LogP contribution < -0.4 is 0 Å². The van der Waals surface area contributed by atoms with E-state index in [4.69, 9.17) is 12.5 Å². The largest absolute Gasteiger partial charge is 0.297 e. The molecule has 36 heavy (non-hydrogen) atoms. The maximum Gasteiger partial charge on any atom is 0.297 e. The molecule has 3 rings (SSSR count). The van der Waals surface area contributed by atoms with Gasteiger partial charge in [-0.2, -0.15) is 25.3 Å². The molecule has 0 bridgehead atoms. The van der Waals surface area contributed by atoms with Gasteiger partial charge in [-0.1, -0.05) is 53.1 Å². The fourth-order valence-corrected chi connectivity index (χ4v) is 5.84. The second-order valence-electron chi connectivity index (χ2n) is 8.09. The monoisotopic (exact) mass is 554 g/mol. The van der Waals surface area contributed by atoms with Crippen molar-refractivity contribution < 1.29 is 37.8 Å². The van der Waals surface area contributed by atoms with Gasteiger partial charge in [0.25, 0.3) is 30.4 Å². The molecular formula is C24H26O9S3. The van der Waals surface area contributed by atoms with Gasteiger partial charge in [0, 0.05) is 0 Å². The van der Waals surface area contributed by atoms with Gasteiger partial charge >= 0.3 is 0 Å². The van der Waals surface area contributed by atoms with Gasteiger partial charge in [-0.3, -0.25) is 12.5 Å². The summed E-state index contributed by atoms with van der Waals surface area (Å²) in [6, 6.07) is 17.4. The summed E-state index contributed by atoms with van der Waals surface area (Å²) in [6.45, 7) is 3.70. The minimum absolute atomic E-state index is 0.151. The second kappa shape index (κ2) is 11.2. The summed E-state index contributed by atoms with van der Waals surface area (Å²) >= 11 is 0. The molecule has 194 valence electrons. The Morgan fingerprint density at radius 1 is 0.500 bits per heavy atom. The lowest BCUT2D eigenvalue weighted by atomic mass is 10.2. The molecule has 0 atom stereocenters. The van der Waals surface area contributed by atoms with Gasteiger partial charge in [0.1, 0.15) is 6.10 Å². The molecule has 12 heteroatoms. The SMILES string of the molecule is Cc1ccc(S(=O)(=O)OCC(COS(=O)(=O)c2ccc(C)cc2)OS(=O)(=O)c2ccc(C)cc2)cc1. The van der Waals surface area contributed by atoms with E-state index in [0.717, 1.165) is 16.7 Å². The number of rotatable bonds is 11. The number of hydrogen-bond donors (Lipinski definition) is 0. The summed E-state index contributed by atoms with van der Waals surface area (Å²) in [4.78, 5) is -0.497. The first kappa shape index (κ1) is 28.0. The van der Waals surface area contributed by atoms with Crippen LogP contribution in [0.4, 0.5) is 0 Å². The van der Waals surface area contributed by atoms with E-state index in [0.29, 0.717) is 0 Å². The van der Waals surface area contributed by atoms with Crippen LogP contribution >= 0.6 is 0 Å². The zero-order chi connectivity index (χ0) is 26.6. The van der Waals surface area contributed by atoms with Crippen molar-refractivity contribution >= 4 is 30.4 Å². The fourth-order valence-electron chi connectivity index (χ4n) is 2.92. The summed E-state index contributed by atoms with van der Waals surface area (Å²) < 4.78 is 91.1. The number of hydrogen-bond acceptors (Lipinski definition) is 9. The molecule has 0 aliphatic heterocycles. The van der Waals surface area contributed by atoms with E-state index in [2.05, 4.69) is 0 Å². The van der Waals surface area contributed by atoms with Crippen LogP contribution in [0.5, 0.6) is 0 Å². The molecule has 0 amide bonds. The van der Waals surface area contributed by atoms with E-state index in [-0.39, 0.29) is 14.7 Å². The van der Waals surface area contributed by atoms with Crippen molar-refractivity contribution in [1.82, 2.24) is 0 Å². The molecule has 0 aromatic heterocycles. The summed E-state index contributed by atoms with van der Waals surface area (Å²) in [6.07, 6.45) is -1.60. The van der Waals surface area contributed by atoms with Gasteiger partial charge in [-0.05, 0) is 57.2 Å². The molecule has 0 radical (unpaired) electrons. The Hall–Kier alpha value is -2.61. The predicted molar refractivity (Wildman–Crippen MR) is 132 cm³/mol. The average molecular weight is 555 g/mol. The molecule has 0 N–H and O–H groups in total. The van der Waals surface area contributed by atoms with E-state index in [1.807, 2.05) is 0 Å². The number of aryl methyl sites for hydroxylation is 3. The predicted octanol–water partition coefficient (Wildman–Crippen LogP) is 3.50. The van der Waals surface area contributed by atoms with Crippen LogP contribution in [0.3, 0.4) is 0 Å². The van der Waals surface area contributed by atoms with Crippen LogP contribution in [-0.4, -0.2) is 44.6 Å². The highest BCUT2D eigenvalue weighted by Gasteiger charge is 2.28. The molecule has 0 saturated heterocycles. The normalized spacial score (nSPS) is 12.7. The number of benzene rings is 3. The minimum Gasteiger partial charge on any atom is -0.263 e. The van der Waals surface area contributed by atoms with Gasteiger partial charge in [-0.25, -0.2) is 0 Å². The summed E-state index contributed by atoms with van der Waals surface area (Å²) in [7, 11) is -13.0. The van der Waals surface area contributed by atoms with Crippen LogP contribution in [-0.2, 0) is 42.9 Å². The van der Waals surface area contributed by atoms with Crippen LogP contribution in [0.1, 0.15) is 16.7 Å². The Kier molecular flexibility index (Phi) is 8.70. The first-order valence-electron chi connectivity index (χ1n) is 10.7. The zero-order valence-corrected chi connectivity index (χ0v) is 22.3. The Balaban J connectivity index is 1.82. The van der Waals surface area contributed by atoms with Crippen LogP contribution in [0.2, 0.25) is 0 Å². The highest BCUT2D eigenvalue weighted by atomic mass is 32.2. The molecule has 3 aromatic rings. The van der Waals surface area contributed by atoms with Crippen molar-refractivity contribution in [2.75, 3.05) is 13.2 Å². The topological polar surface area (TPSA) is 130 Å². The van der Waals surface area contributed by atoms with Crippen molar-refractivity contribution in [2.45, 2.75) is 41.6 Å². The van der Waals surface area contributed by atoms with E-state index < -0.39 is 49.7 Å². The summed E-state index contributed by atoms with van der Waals surface area (Å²) in [5.41, 5.74) is 2.47. The smallest absolute Gasteiger partial charge is 0.263 e. The molecule has 0 spiro atoms. The first-order chi connectivity index (χ1) is 16.8.